The first-order valence-electron chi connectivity index (χ1n) is 8.67. The summed E-state index contributed by atoms with van der Waals surface area (Å²) in [4.78, 5) is 14.2. The number of carbonyl (C=O) groups excluding carboxylic acids is 1. The summed E-state index contributed by atoms with van der Waals surface area (Å²) in [5, 5.41) is 8.35. The van der Waals surface area contributed by atoms with Crippen LogP contribution >= 0.6 is 11.3 Å². The van der Waals surface area contributed by atoms with Gasteiger partial charge in [-0.2, -0.15) is 5.10 Å². The first kappa shape index (κ1) is 18.2. The second-order valence-electron chi connectivity index (χ2n) is 6.46. The molecule has 4 rings (SSSR count). The highest BCUT2D eigenvalue weighted by molar-refractivity contribution is 7.20. The van der Waals surface area contributed by atoms with Gasteiger partial charge in [0.05, 0.1) is 29.1 Å². The van der Waals surface area contributed by atoms with Crippen LogP contribution in [0.15, 0.2) is 48.5 Å². The van der Waals surface area contributed by atoms with Crippen LogP contribution in [0.25, 0.3) is 15.9 Å². The van der Waals surface area contributed by atoms with E-state index in [4.69, 9.17) is 4.74 Å². The SMILES string of the molecule is COc1ccc(C)cc1NC(=O)c1cc2c(C)nn(-c3ccc(F)cc3)c2s1. The van der Waals surface area contributed by atoms with Crippen molar-refractivity contribution < 1.29 is 13.9 Å². The molecule has 0 atom stereocenters. The monoisotopic (exact) mass is 395 g/mol. The summed E-state index contributed by atoms with van der Waals surface area (Å²) in [6.45, 7) is 3.84. The molecular weight excluding hydrogens is 377 g/mol. The molecule has 1 N–H and O–H groups in total. The van der Waals surface area contributed by atoms with Crippen LogP contribution in [0.3, 0.4) is 0 Å². The average molecular weight is 395 g/mol. The maximum absolute atomic E-state index is 13.2. The van der Waals surface area contributed by atoms with Crippen LogP contribution in [0.4, 0.5) is 10.1 Å². The molecule has 0 bridgehead atoms. The third-order valence-electron chi connectivity index (χ3n) is 4.44. The van der Waals surface area contributed by atoms with E-state index >= 15 is 0 Å². The molecule has 0 spiro atoms. The molecule has 28 heavy (non-hydrogen) atoms. The predicted molar refractivity (Wildman–Crippen MR) is 109 cm³/mol. The molecule has 5 nitrogen and oxygen atoms in total. The maximum Gasteiger partial charge on any atom is 0.265 e. The molecule has 0 aliphatic rings. The smallest absolute Gasteiger partial charge is 0.265 e. The first-order chi connectivity index (χ1) is 13.5. The van der Waals surface area contributed by atoms with Crippen molar-refractivity contribution in [2.45, 2.75) is 13.8 Å². The van der Waals surface area contributed by atoms with Gasteiger partial charge in [0.25, 0.3) is 5.91 Å². The molecule has 0 aliphatic heterocycles. The lowest BCUT2D eigenvalue weighted by Crippen LogP contribution is -2.11. The van der Waals surface area contributed by atoms with Gasteiger partial charge in [-0.15, -0.1) is 11.3 Å². The van der Waals surface area contributed by atoms with Gasteiger partial charge < -0.3 is 10.1 Å². The summed E-state index contributed by atoms with van der Waals surface area (Å²) in [6.07, 6.45) is 0. The number of nitrogens with zero attached hydrogens (tertiary/aromatic N) is 2. The molecule has 2 aromatic heterocycles. The van der Waals surface area contributed by atoms with Crippen LogP contribution in [-0.2, 0) is 0 Å². The number of nitrogens with one attached hydrogen (secondary N) is 1. The number of thiophene rings is 1. The minimum Gasteiger partial charge on any atom is -0.495 e. The number of methoxy groups -OCH3 is 1. The molecule has 0 fully saturated rings. The Morgan fingerprint density at radius 1 is 1.14 bits per heavy atom. The number of carbonyl (C=O) groups is 1. The minimum absolute atomic E-state index is 0.213. The second kappa shape index (κ2) is 7.09. The second-order valence-corrected chi connectivity index (χ2v) is 7.49. The van der Waals surface area contributed by atoms with Crippen molar-refractivity contribution in [2.75, 3.05) is 12.4 Å². The summed E-state index contributed by atoms with van der Waals surface area (Å²) in [6, 6.07) is 13.6. The summed E-state index contributed by atoms with van der Waals surface area (Å²) in [5.74, 6) is 0.0890. The van der Waals surface area contributed by atoms with Gasteiger partial charge in [-0.25, -0.2) is 9.07 Å². The zero-order valence-electron chi connectivity index (χ0n) is 15.6. The Bertz CT molecular complexity index is 1180. The predicted octanol–water partition coefficient (Wildman–Crippen LogP) is 5.10. The zero-order chi connectivity index (χ0) is 19.8. The van der Waals surface area contributed by atoms with Gasteiger partial charge in [0.15, 0.2) is 0 Å². The number of hydrogen-bond donors (Lipinski definition) is 1. The average Bonchev–Trinajstić information content (AvgIpc) is 3.24. The highest BCUT2D eigenvalue weighted by atomic mass is 32.1. The molecule has 0 saturated carbocycles. The number of fused-ring (bicyclic) bond motifs is 1. The van der Waals surface area contributed by atoms with Gasteiger partial charge >= 0.3 is 0 Å². The summed E-state index contributed by atoms with van der Waals surface area (Å²) < 4.78 is 20.3. The number of aryl methyl sites for hydroxylation is 2. The third kappa shape index (κ3) is 3.25. The number of aromatic nitrogens is 2. The van der Waals surface area contributed by atoms with Crippen molar-refractivity contribution in [2.24, 2.45) is 0 Å². The molecule has 7 heteroatoms. The number of ether oxygens (including phenoxy) is 1. The highest BCUT2D eigenvalue weighted by Gasteiger charge is 2.18. The Labute approximate surface area is 165 Å². The molecule has 0 radical (unpaired) electrons. The molecule has 0 aliphatic carbocycles. The van der Waals surface area contributed by atoms with Gasteiger partial charge in [-0.3, -0.25) is 4.79 Å². The van der Waals surface area contributed by atoms with E-state index in [0.29, 0.717) is 16.3 Å². The van der Waals surface area contributed by atoms with Crippen molar-refractivity contribution in [1.29, 1.82) is 0 Å². The molecule has 2 aromatic carbocycles. The molecular formula is C21H18FN3O2S. The standard InChI is InChI=1S/C21H18FN3O2S/c1-12-4-9-18(27-3)17(10-12)23-20(26)19-11-16-13(2)24-25(21(16)28-19)15-7-5-14(22)6-8-15/h4-11H,1-3H3,(H,23,26). The lowest BCUT2D eigenvalue weighted by molar-refractivity contribution is 0.103. The van der Waals surface area contributed by atoms with Crippen LogP contribution in [0.5, 0.6) is 5.75 Å². The van der Waals surface area contributed by atoms with Gasteiger partial charge in [-0.1, -0.05) is 6.07 Å². The Morgan fingerprint density at radius 2 is 1.89 bits per heavy atom. The Morgan fingerprint density at radius 3 is 2.61 bits per heavy atom. The fourth-order valence-electron chi connectivity index (χ4n) is 3.02. The quantitative estimate of drug-likeness (QED) is 0.523. The topological polar surface area (TPSA) is 56.1 Å². The summed E-state index contributed by atoms with van der Waals surface area (Å²) in [5.41, 5.74) is 3.20. The van der Waals surface area contributed by atoms with Crippen molar-refractivity contribution in [3.05, 3.63) is 70.5 Å². The van der Waals surface area contributed by atoms with E-state index in [9.17, 15) is 9.18 Å². The van der Waals surface area contributed by atoms with E-state index in [1.54, 1.807) is 23.9 Å². The largest absolute Gasteiger partial charge is 0.495 e. The van der Waals surface area contributed by atoms with E-state index < -0.39 is 0 Å². The lowest BCUT2D eigenvalue weighted by Gasteiger charge is -2.10. The van der Waals surface area contributed by atoms with Crippen molar-refractivity contribution in [3.8, 4) is 11.4 Å². The van der Waals surface area contributed by atoms with Gasteiger partial charge in [0, 0.05) is 5.39 Å². The van der Waals surface area contributed by atoms with Gasteiger partial charge in [0.1, 0.15) is 16.4 Å². The van der Waals surface area contributed by atoms with Crippen molar-refractivity contribution in [1.82, 2.24) is 9.78 Å². The zero-order valence-corrected chi connectivity index (χ0v) is 16.4. The number of halogens is 1. The lowest BCUT2D eigenvalue weighted by atomic mass is 10.2. The van der Waals surface area contributed by atoms with Crippen LogP contribution < -0.4 is 10.1 Å². The van der Waals surface area contributed by atoms with Gasteiger partial charge in [0.2, 0.25) is 0 Å². The Kier molecular flexibility index (Phi) is 4.60. The van der Waals surface area contributed by atoms with E-state index in [-0.39, 0.29) is 11.7 Å². The maximum atomic E-state index is 13.2. The van der Waals surface area contributed by atoms with E-state index in [0.717, 1.165) is 27.2 Å². The van der Waals surface area contributed by atoms with Crippen LogP contribution in [0.1, 0.15) is 20.9 Å². The van der Waals surface area contributed by atoms with Crippen LogP contribution in [0.2, 0.25) is 0 Å². The fraction of sp³-hybridized carbons (Fsp3) is 0.143. The van der Waals surface area contributed by atoms with Gasteiger partial charge in [-0.05, 0) is 61.9 Å². The van der Waals surface area contributed by atoms with Crippen molar-refractivity contribution in [3.63, 3.8) is 0 Å². The number of rotatable bonds is 4. The van der Waals surface area contributed by atoms with E-state index in [2.05, 4.69) is 10.4 Å². The number of benzene rings is 2. The molecule has 0 unspecified atom stereocenters. The van der Waals surface area contributed by atoms with Crippen molar-refractivity contribution >= 4 is 33.1 Å². The van der Waals surface area contributed by atoms with E-state index in [1.165, 1.54) is 23.5 Å². The third-order valence-corrected chi connectivity index (χ3v) is 5.55. The Balaban J connectivity index is 1.70. The van der Waals surface area contributed by atoms with E-state index in [1.807, 2.05) is 38.1 Å². The Hall–Kier alpha value is -3.19. The summed E-state index contributed by atoms with van der Waals surface area (Å²) >= 11 is 1.34. The molecule has 2 heterocycles. The van der Waals surface area contributed by atoms with Crippen LogP contribution in [-0.4, -0.2) is 22.8 Å². The molecule has 4 aromatic rings. The fourth-order valence-corrected chi connectivity index (χ4v) is 4.10. The first-order valence-corrected chi connectivity index (χ1v) is 9.49. The number of hydrogen-bond acceptors (Lipinski definition) is 4. The van der Waals surface area contributed by atoms with Crippen LogP contribution in [0, 0.1) is 19.7 Å². The number of amides is 1. The molecule has 142 valence electrons. The molecule has 1 amide bonds. The molecule has 0 saturated heterocycles. The number of anilines is 1. The normalized spacial score (nSPS) is 11.0. The minimum atomic E-state index is -0.303. The summed E-state index contributed by atoms with van der Waals surface area (Å²) in [7, 11) is 1.57. The highest BCUT2D eigenvalue weighted by Crippen LogP contribution is 2.32.